The molecule has 0 unspecified atom stereocenters. The van der Waals surface area contributed by atoms with Crippen LogP contribution in [-0.2, 0) is 29.2 Å². The molecular weight excluding hydrogens is 394 g/mol. The summed E-state index contributed by atoms with van der Waals surface area (Å²) in [5, 5.41) is 3.82. The molecule has 1 fully saturated rings. The van der Waals surface area contributed by atoms with Gasteiger partial charge in [-0.1, -0.05) is 43.3 Å². The van der Waals surface area contributed by atoms with Gasteiger partial charge in [-0.15, -0.1) is 11.3 Å². The highest BCUT2D eigenvalue weighted by Crippen LogP contribution is 2.22. The number of hydrogen-bond donors (Lipinski definition) is 1. The van der Waals surface area contributed by atoms with Crippen LogP contribution in [0.4, 0.5) is 0 Å². The van der Waals surface area contributed by atoms with E-state index >= 15 is 0 Å². The molecule has 6 heteroatoms. The van der Waals surface area contributed by atoms with Crippen molar-refractivity contribution < 1.29 is 9.53 Å². The summed E-state index contributed by atoms with van der Waals surface area (Å²) in [4.78, 5) is 19.1. The van der Waals surface area contributed by atoms with E-state index in [1.165, 1.54) is 31.5 Å². The Labute approximate surface area is 182 Å². The molecule has 5 nitrogen and oxygen atoms in total. The quantitative estimate of drug-likeness (QED) is 0.585. The largest absolute Gasteiger partial charge is 0.364 e. The fraction of sp³-hybridized carbons (Fsp3) is 0.417. The molecule has 1 amide bonds. The molecule has 1 saturated heterocycles. The van der Waals surface area contributed by atoms with Gasteiger partial charge in [0.05, 0.1) is 16.8 Å². The Hall–Kier alpha value is -2.28. The molecule has 0 aliphatic carbocycles. The van der Waals surface area contributed by atoms with Gasteiger partial charge in [-0.3, -0.25) is 9.69 Å². The third-order valence-corrected chi connectivity index (χ3v) is 6.60. The van der Waals surface area contributed by atoms with Crippen LogP contribution in [0.3, 0.4) is 0 Å². The summed E-state index contributed by atoms with van der Waals surface area (Å²) in [6.07, 6.45) is 2.59. The summed E-state index contributed by atoms with van der Waals surface area (Å²) >= 11 is 1.60. The molecule has 2 aromatic carbocycles. The van der Waals surface area contributed by atoms with Crippen LogP contribution in [0.2, 0.25) is 0 Å². The molecule has 0 saturated carbocycles. The molecule has 2 heterocycles. The van der Waals surface area contributed by atoms with Crippen molar-refractivity contribution in [3.8, 4) is 0 Å². The molecule has 3 aromatic rings. The second kappa shape index (κ2) is 10.2. The predicted molar refractivity (Wildman–Crippen MR) is 121 cm³/mol. The Kier molecular flexibility index (Phi) is 7.10. The molecule has 1 aromatic heterocycles. The highest BCUT2D eigenvalue weighted by Gasteiger charge is 2.15. The van der Waals surface area contributed by atoms with Gasteiger partial charge in [-0.25, -0.2) is 4.98 Å². The molecule has 30 heavy (non-hydrogen) atoms. The van der Waals surface area contributed by atoms with Crippen molar-refractivity contribution in [2.24, 2.45) is 5.92 Å². The number of carbonyl (C=O) groups is 1. The van der Waals surface area contributed by atoms with E-state index < -0.39 is 0 Å². The normalized spacial score (nSPS) is 15.5. The second-order valence-electron chi connectivity index (χ2n) is 8.12. The van der Waals surface area contributed by atoms with Crippen molar-refractivity contribution in [3.63, 3.8) is 0 Å². The number of thiazole rings is 1. The van der Waals surface area contributed by atoms with E-state index in [2.05, 4.69) is 46.4 Å². The lowest BCUT2D eigenvalue weighted by Crippen LogP contribution is -2.32. The summed E-state index contributed by atoms with van der Waals surface area (Å²) in [6, 6.07) is 16.5. The molecule has 1 aliphatic rings. The number of benzene rings is 2. The van der Waals surface area contributed by atoms with Gasteiger partial charge in [-0.05, 0) is 55.1 Å². The Balaban J connectivity index is 1.16. The minimum atomic E-state index is -0.109. The van der Waals surface area contributed by atoms with Gasteiger partial charge in [0.25, 0.3) is 0 Å². The number of amides is 1. The number of rotatable bonds is 8. The third kappa shape index (κ3) is 5.88. The average Bonchev–Trinajstić information content (AvgIpc) is 3.18. The molecule has 0 spiro atoms. The number of carbonyl (C=O) groups excluding carboxylic acids is 1. The first-order valence-electron chi connectivity index (χ1n) is 10.6. The number of nitrogens with zero attached hydrogens (tertiary/aromatic N) is 2. The zero-order valence-corrected chi connectivity index (χ0v) is 18.3. The number of fused-ring (bicyclic) bond motifs is 1. The number of likely N-dealkylation sites (tertiary alicyclic amines) is 1. The fourth-order valence-electron chi connectivity index (χ4n) is 3.71. The number of ether oxygens (including phenoxy) is 1. The third-order valence-electron chi connectivity index (χ3n) is 5.59. The van der Waals surface area contributed by atoms with Crippen LogP contribution in [0.5, 0.6) is 0 Å². The minimum absolute atomic E-state index is 0.0430. The van der Waals surface area contributed by atoms with E-state index in [9.17, 15) is 4.79 Å². The van der Waals surface area contributed by atoms with E-state index in [0.29, 0.717) is 13.2 Å². The zero-order chi connectivity index (χ0) is 20.8. The topological polar surface area (TPSA) is 54.5 Å². The maximum atomic E-state index is 12.1. The van der Waals surface area contributed by atoms with Crippen LogP contribution in [0, 0.1) is 5.92 Å². The van der Waals surface area contributed by atoms with Gasteiger partial charge in [-0.2, -0.15) is 0 Å². The van der Waals surface area contributed by atoms with Gasteiger partial charge in [0, 0.05) is 13.1 Å². The number of piperidine rings is 1. The SMILES string of the molecule is CC1CCN(Cc2ccc(CNC(=O)COCc3nc4ccccc4s3)cc2)CC1. The van der Waals surface area contributed by atoms with Gasteiger partial charge < -0.3 is 10.1 Å². The Morgan fingerprint density at radius 2 is 1.87 bits per heavy atom. The van der Waals surface area contributed by atoms with Crippen LogP contribution in [-0.4, -0.2) is 35.5 Å². The van der Waals surface area contributed by atoms with Crippen LogP contribution < -0.4 is 5.32 Å². The molecule has 0 bridgehead atoms. The van der Waals surface area contributed by atoms with Gasteiger partial charge in [0.2, 0.25) is 5.91 Å². The molecule has 158 valence electrons. The summed E-state index contributed by atoms with van der Waals surface area (Å²) < 4.78 is 6.68. The summed E-state index contributed by atoms with van der Waals surface area (Å²) in [7, 11) is 0. The first-order valence-corrected chi connectivity index (χ1v) is 11.5. The molecule has 1 N–H and O–H groups in total. The lowest BCUT2D eigenvalue weighted by Gasteiger charge is -2.30. The standard InChI is InChI=1S/C24H29N3O2S/c1-18-10-12-27(13-11-18)15-20-8-6-19(7-9-20)14-25-23(28)16-29-17-24-26-21-4-2-3-5-22(21)30-24/h2-9,18H,10-17H2,1H3,(H,25,28). The average molecular weight is 424 g/mol. The monoisotopic (exact) mass is 423 g/mol. The fourth-order valence-corrected chi connectivity index (χ4v) is 4.61. The maximum absolute atomic E-state index is 12.1. The molecule has 4 rings (SSSR count). The molecule has 1 aliphatic heterocycles. The van der Waals surface area contributed by atoms with E-state index in [4.69, 9.17) is 4.74 Å². The zero-order valence-electron chi connectivity index (χ0n) is 17.5. The Bertz CT molecular complexity index is 929. The van der Waals surface area contributed by atoms with Gasteiger partial charge >= 0.3 is 0 Å². The van der Waals surface area contributed by atoms with Crippen molar-refractivity contribution in [3.05, 3.63) is 64.7 Å². The van der Waals surface area contributed by atoms with E-state index in [1.807, 2.05) is 24.3 Å². The maximum Gasteiger partial charge on any atom is 0.246 e. The Morgan fingerprint density at radius 1 is 1.13 bits per heavy atom. The van der Waals surface area contributed by atoms with Crippen molar-refractivity contribution in [1.29, 1.82) is 0 Å². The highest BCUT2D eigenvalue weighted by atomic mass is 32.1. The molecular formula is C24H29N3O2S. The lowest BCUT2D eigenvalue weighted by molar-refractivity contribution is -0.126. The molecule has 0 atom stereocenters. The van der Waals surface area contributed by atoms with E-state index in [0.717, 1.165) is 33.3 Å². The first-order chi connectivity index (χ1) is 14.7. The minimum Gasteiger partial charge on any atom is -0.364 e. The van der Waals surface area contributed by atoms with Crippen LogP contribution in [0.25, 0.3) is 10.2 Å². The van der Waals surface area contributed by atoms with Crippen LogP contribution in [0.15, 0.2) is 48.5 Å². The van der Waals surface area contributed by atoms with E-state index in [1.54, 1.807) is 11.3 Å². The van der Waals surface area contributed by atoms with Gasteiger partial charge in [0.15, 0.2) is 0 Å². The van der Waals surface area contributed by atoms with Crippen molar-refractivity contribution in [1.82, 2.24) is 15.2 Å². The van der Waals surface area contributed by atoms with Crippen LogP contribution in [0.1, 0.15) is 35.9 Å². The number of aromatic nitrogens is 1. The van der Waals surface area contributed by atoms with E-state index in [-0.39, 0.29) is 12.5 Å². The molecule has 0 radical (unpaired) electrons. The van der Waals surface area contributed by atoms with Crippen molar-refractivity contribution >= 4 is 27.5 Å². The van der Waals surface area contributed by atoms with Crippen molar-refractivity contribution in [2.45, 2.75) is 39.5 Å². The predicted octanol–water partition coefficient (Wildman–Crippen LogP) is 4.36. The smallest absolute Gasteiger partial charge is 0.246 e. The summed E-state index contributed by atoms with van der Waals surface area (Å²) in [5.74, 6) is 0.750. The number of para-hydroxylation sites is 1. The number of nitrogens with one attached hydrogen (secondary N) is 1. The second-order valence-corrected chi connectivity index (χ2v) is 9.24. The summed E-state index contributed by atoms with van der Waals surface area (Å²) in [6.45, 7) is 6.65. The van der Waals surface area contributed by atoms with Gasteiger partial charge in [0.1, 0.15) is 11.6 Å². The number of hydrogen-bond acceptors (Lipinski definition) is 5. The Morgan fingerprint density at radius 3 is 2.63 bits per heavy atom. The summed E-state index contributed by atoms with van der Waals surface area (Å²) in [5.41, 5.74) is 3.41. The highest BCUT2D eigenvalue weighted by molar-refractivity contribution is 7.18. The first kappa shape index (κ1) is 21.0. The van der Waals surface area contributed by atoms with Crippen LogP contribution >= 0.6 is 11.3 Å². The lowest BCUT2D eigenvalue weighted by atomic mass is 9.99. The van der Waals surface area contributed by atoms with Crippen molar-refractivity contribution in [2.75, 3.05) is 19.7 Å².